The molecule has 0 amide bonds. The van der Waals surface area contributed by atoms with E-state index in [2.05, 4.69) is 91.7 Å². The first-order valence-corrected chi connectivity index (χ1v) is 9.21. The number of benzene rings is 3. The topological polar surface area (TPSA) is 15.8 Å². The molecule has 0 aliphatic heterocycles. The lowest BCUT2D eigenvalue weighted by Gasteiger charge is -2.22. The summed E-state index contributed by atoms with van der Waals surface area (Å²) in [6.07, 6.45) is 9.33. The number of rotatable bonds is 0. The van der Waals surface area contributed by atoms with E-state index in [9.17, 15) is 0 Å². The lowest BCUT2D eigenvalue weighted by atomic mass is 9.82. The molecule has 1 heterocycles. The van der Waals surface area contributed by atoms with Crippen molar-refractivity contribution < 1.29 is 0 Å². The number of para-hydroxylation sites is 1. The molecule has 2 aliphatic rings. The molecule has 0 spiro atoms. The number of allylic oxidation sites excluding steroid dienone is 5. The molecule has 0 saturated carbocycles. The van der Waals surface area contributed by atoms with Gasteiger partial charge >= 0.3 is 0 Å². The summed E-state index contributed by atoms with van der Waals surface area (Å²) in [7, 11) is 0. The Kier molecular flexibility index (Phi) is 2.48. The predicted octanol–water partition coefficient (Wildman–Crippen LogP) is 6.85. The number of aromatic amines is 1. The minimum Gasteiger partial charge on any atom is -0.354 e. The van der Waals surface area contributed by atoms with Crippen LogP contribution in [-0.4, -0.2) is 4.98 Å². The predicted molar refractivity (Wildman–Crippen MR) is 112 cm³/mol. The van der Waals surface area contributed by atoms with E-state index in [-0.39, 0.29) is 5.41 Å². The van der Waals surface area contributed by atoms with Gasteiger partial charge in [0.25, 0.3) is 0 Å². The summed E-state index contributed by atoms with van der Waals surface area (Å²) in [4.78, 5) is 3.64. The van der Waals surface area contributed by atoms with Crippen molar-refractivity contribution >= 4 is 44.2 Å². The van der Waals surface area contributed by atoms with Gasteiger partial charge in [0, 0.05) is 27.1 Å². The van der Waals surface area contributed by atoms with E-state index in [1.54, 1.807) is 0 Å². The number of aromatic nitrogens is 1. The standard InChI is InChI=1S/C25H19N/c1-25(2)12-11-15-13-21-16-7-10-20-18-5-3-4-6-23(18)26-24(20)19(16)9-8-17(21)22(15)14-25/h3-14,26H,1-2H3. The first-order valence-electron chi connectivity index (χ1n) is 9.21. The average Bonchev–Trinajstić information content (AvgIpc) is 3.19. The van der Waals surface area contributed by atoms with Crippen LogP contribution in [0, 0.1) is 5.41 Å². The van der Waals surface area contributed by atoms with Gasteiger partial charge in [0.1, 0.15) is 0 Å². The summed E-state index contributed by atoms with van der Waals surface area (Å²) < 4.78 is 0. The number of nitrogens with one attached hydrogen (secondary N) is 1. The van der Waals surface area contributed by atoms with E-state index < -0.39 is 0 Å². The Morgan fingerprint density at radius 1 is 0.808 bits per heavy atom. The lowest BCUT2D eigenvalue weighted by Crippen LogP contribution is -2.07. The maximum Gasteiger partial charge on any atom is 0.0544 e. The number of fused-ring (bicyclic) bond motifs is 9. The van der Waals surface area contributed by atoms with Crippen LogP contribution < -0.4 is 0 Å². The molecule has 6 rings (SSSR count). The van der Waals surface area contributed by atoms with E-state index in [0.717, 1.165) is 0 Å². The normalized spacial score (nSPS) is 17.5. The smallest absolute Gasteiger partial charge is 0.0544 e. The van der Waals surface area contributed by atoms with Crippen molar-refractivity contribution in [2.24, 2.45) is 5.41 Å². The molecule has 1 aromatic heterocycles. The van der Waals surface area contributed by atoms with Crippen LogP contribution in [0.5, 0.6) is 0 Å². The Balaban J connectivity index is 1.71. The van der Waals surface area contributed by atoms with Gasteiger partial charge in [0.2, 0.25) is 0 Å². The minimum absolute atomic E-state index is 0.115. The summed E-state index contributed by atoms with van der Waals surface area (Å²) >= 11 is 0. The van der Waals surface area contributed by atoms with Crippen molar-refractivity contribution in [1.29, 1.82) is 0 Å². The average molecular weight is 333 g/mol. The molecule has 1 nitrogen and oxygen atoms in total. The van der Waals surface area contributed by atoms with E-state index in [0.29, 0.717) is 0 Å². The number of hydrogen-bond donors (Lipinski definition) is 1. The second kappa shape index (κ2) is 4.56. The van der Waals surface area contributed by atoms with Gasteiger partial charge in [-0.05, 0) is 39.8 Å². The maximum atomic E-state index is 3.64. The Morgan fingerprint density at radius 2 is 1.58 bits per heavy atom. The fraction of sp³-hybridized carbons (Fsp3) is 0.120. The van der Waals surface area contributed by atoms with E-state index >= 15 is 0 Å². The second-order valence-corrected chi connectivity index (χ2v) is 8.09. The van der Waals surface area contributed by atoms with Gasteiger partial charge in [-0.3, -0.25) is 0 Å². The van der Waals surface area contributed by atoms with Crippen LogP contribution in [0.1, 0.15) is 25.0 Å². The minimum atomic E-state index is 0.115. The Labute approximate surface area is 152 Å². The van der Waals surface area contributed by atoms with Gasteiger partial charge in [0.15, 0.2) is 0 Å². The van der Waals surface area contributed by atoms with Crippen molar-refractivity contribution in [3.8, 4) is 0 Å². The number of hydrogen-bond acceptors (Lipinski definition) is 0. The Morgan fingerprint density at radius 3 is 2.50 bits per heavy atom. The highest BCUT2D eigenvalue weighted by Gasteiger charge is 2.26. The summed E-state index contributed by atoms with van der Waals surface area (Å²) in [6.45, 7) is 4.53. The lowest BCUT2D eigenvalue weighted by molar-refractivity contribution is 0.624. The molecule has 26 heavy (non-hydrogen) atoms. The first kappa shape index (κ1) is 14.1. The zero-order valence-electron chi connectivity index (χ0n) is 14.9. The SMILES string of the molecule is CC1(C)C=CC2=Cc3c(ccc4c3ccc3c5ccccc5[nH]c43)C2=C1. The molecular formula is C25H19N. The third-order valence-corrected chi connectivity index (χ3v) is 5.83. The zero-order valence-corrected chi connectivity index (χ0v) is 14.9. The molecule has 0 radical (unpaired) electrons. The summed E-state index contributed by atoms with van der Waals surface area (Å²) in [5.74, 6) is 0. The van der Waals surface area contributed by atoms with Crippen molar-refractivity contribution in [2.45, 2.75) is 13.8 Å². The van der Waals surface area contributed by atoms with Crippen LogP contribution >= 0.6 is 0 Å². The fourth-order valence-electron chi connectivity index (χ4n) is 4.55. The molecule has 0 saturated heterocycles. The molecule has 3 aromatic carbocycles. The van der Waals surface area contributed by atoms with Crippen LogP contribution in [-0.2, 0) is 0 Å². The van der Waals surface area contributed by atoms with Crippen LogP contribution in [0.15, 0.2) is 72.3 Å². The van der Waals surface area contributed by atoms with E-state index in [4.69, 9.17) is 0 Å². The Bertz CT molecular complexity index is 1340. The molecule has 0 atom stereocenters. The van der Waals surface area contributed by atoms with Crippen molar-refractivity contribution in [2.75, 3.05) is 0 Å². The highest BCUT2D eigenvalue weighted by atomic mass is 14.7. The van der Waals surface area contributed by atoms with Gasteiger partial charge in [-0.1, -0.05) is 74.5 Å². The molecule has 0 bridgehead atoms. The van der Waals surface area contributed by atoms with Crippen LogP contribution in [0.3, 0.4) is 0 Å². The van der Waals surface area contributed by atoms with Gasteiger partial charge < -0.3 is 4.98 Å². The molecular weight excluding hydrogens is 314 g/mol. The molecule has 4 aromatic rings. The van der Waals surface area contributed by atoms with E-state index in [1.807, 2.05) is 0 Å². The van der Waals surface area contributed by atoms with Crippen molar-refractivity contribution in [1.82, 2.24) is 4.98 Å². The third-order valence-electron chi connectivity index (χ3n) is 5.83. The molecule has 0 fully saturated rings. The second-order valence-electron chi connectivity index (χ2n) is 8.09. The molecule has 2 aliphatic carbocycles. The monoisotopic (exact) mass is 333 g/mol. The summed E-state index contributed by atoms with van der Waals surface area (Å²) in [5, 5.41) is 5.23. The number of H-pyrrole nitrogens is 1. The highest BCUT2D eigenvalue weighted by molar-refractivity contribution is 6.19. The third kappa shape index (κ3) is 1.75. The van der Waals surface area contributed by atoms with Crippen molar-refractivity contribution in [3.63, 3.8) is 0 Å². The first-order chi connectivity index (χ1) is 12.6. The molecule has 1 heteroatoms. The van der Waals surface area contributed by atoms with Gasteiger partial charge in [-0.25, -0.2) is 0 Å². The van der Waals surface area contributed by atoms with E-state index in [1.165, 1.54) is 54.9 Å². The van der Waals surface area contributed by atoms with Crippen LogP contribution in [0.4, 0.5) is 0 Å². The Hall–Kier alpha value is -3.06. The van der Waals surface area contributed by atoms with Gasteiger partial charge in [-0.2, -0.15) is 0 Å². The zero-order chi connectivity index (χ0) is 17.5. The fourth-order valence-corrected chi connectivity index (χ4v) is 4.55. The largest absolute Gasteiger partial charge is 0.354 e. The summed E-state index contributed by atoms with van der Waals surface area (Å²) in [5.41, 5.74) is 7.99. The molecule has 0 unspecified atom stereocenters. The van der Waals surface area contributed by atoms with Gasteiger partial charge in [0.05, 0.1) is 5.52 Å². The highest BCUT2D eigenvalue weighted by Crippen LogP contribution is 2.45. The van der Waals surface area contributed by atoms with Gasteiger partial charge in [-0.15, -0.1) is 0 Å². The van der Waals surface area contributed by atoms with Crippen LogP contribution in [0.25, 0.3) is 44.2 Å². The summed E-state index contributed by atoms with van der Waals surface area (Å²) in [6, 6.07) is 17.7. The molecule has 1 N–H and O–H groups in total. The molecule has 124 valence electrons. The quantitative estimate of drug-likeness (QED) is 0.362. The maximum absolute atomic E-state index is 3.64. The van der Waals surface area contributed by atoms with Crippen molar-refractivity contribution in [3.05, 3.63) is 83.5 Å². The van der Waals surface area contributed by atoms with Crippen LogP contribution in [0.2, 0.25) is 0 Å².